The second-order valence-electron chi connectivity index (χ2n) is 8.45. The minimum Gasteiger partial charge on any atom is -0.452 e. The zero-order valence-electron chi connectivity index (χ0n) is 18.5. The van der Waals surface area contributed by atoms with Crippen LogP contribution in [0.25, 0.3) is 22.2 Å². The van der Waals surface area contributed by atoms with E-state index < -0.39 is 18.5 Å². The molecule has 0 aliphatic heterocycles. The Morgan fingerprint density at radius 1 is 1.15 bits per heavy atom. The monoisotopic (exact) mass is 491 g/mol. The van der Waals surface area contributed by atoms with Gasteiger partial charge in [-0.1, -0.05) is 48.9 Å². The van der Waals surface area contributed by atoms with Crippen LogP contribution in [-0.4, -0.2) is 28.5 Å². The van der Waals surface area contributed by atoms with Gasteiger partial charge in [-0.15, -0.1) is 11.3 Å². The lowest BCUT2D eigenvalue weighted by atomic mass is 9.84. The minimum atomic E-state index is -0.500. The number of carbonyl (C=O) groups excluding carboxylic acids is 2. The van der Waals surface area contributed by atoms with Crippen molar-refractivity contribution in [3.05, 3.63) is 75.8 Å². The van der Waals surface area contributed by atoms with Crippen molar-refractivity contribution in [3.8, 4) is 11.3 Å². The molecule has 0 spiro atoms. The maximum Gasteiger partial charge on any atom is 0.339 e. The lowest BCUT2D eigenvalue weighted by Crippen LogP contribution is -2.23. The molecule has 172 valence electrons. The van der Waals surface area contributed by atoms with Gasteiger partial charge in [0, 0.05) is 27.0 Å². The third-order valence-corrected chi connectivity index (χ3v) is 6.94. The van der Waals surface area contributed by atoms with Gasteiger partial charge in [0.15, 0.2) is 11.7 Å². The average molecular weight is 492 g/mol. The number of hydrogen-bond acceptors (Lipinski definition) is 6. The van der Waals surface area contributed by atoms with Crippen LogP contribution in [0.2, 0.25) is 5.02 Å². The number of para-hydroxylation sites is 1. The Morgan fingerprint density at radius 3 is 2.76 bits per heavy atom. The first-order valence-corrected chi connectivity index (χ1v) is 12.3. The summed E-state index contributed by atoms with van der Waals surface area (Å²) in [6.45, 7) is 1.78. The van der Waals surface area contributed by atoms with E-state index in [1.807, 2.05) is 41.8 Å². The van der Waals surface area contributed by atoms with Crippen LogP contribution in [0, 0.1) is 5.92 Å². The molecule has 1 atom stereocenters. The minimum absolute atomic E-state index is 0.393. The topological polar surface area (TPSA) is 81.2 Å². The largest absolute Gasteiger partial charge is 0.452 e. The predicted octanol–water partition coefficient (Wildman–Crippen LogP) is 5.93. The van der Waals surface area contributed by atoms with Crippen molar-refractivity contribution in [1.29, 1.82) is 0 Å². The predicted molar refractivity (Wildman–Crippen MR) is 134 cm³/mol. The van der Waals surface area contributed by atoms with Crippen molar-refractivity contribution in [2.45, 2.75) is 26.2 Å². The number of nitrogens with zero attached hydrogens (tertiary/aromatic N) is 2. The molecule has 4 aromatic rings. The van der Waals surface area contributed by atoms with Crippen LogP contribution >= 0.6 is 22.9 Å². The lowest BCUT2D eigenvalue weighted by Gasteiger charge is -2.24. The molecule has 0 bridgehead atoms. The Balaban J connectivity index is 1.30. The number of halogens is 1. The SMILES string of the molecule is CC1CCc2nc3ccccc3c(C(=O)OCC(=O)Nc3nc(-c4ccc(Cl)cc4)cs3)c2C1. The number of rotatable bonds is 5. The van der Waals surface area contributed by atoms with E-state index in [1.54, 1.807) is 12.1 Å². The van der Waals surface area contributed by atoms with Crippen LogP contribution in [0.1, 0.15) is 35.0 Å². The van der Waals surface area contributed by atoms with Gasteiger partial charge in [-0.05, 0) is 48.9 Å². The van der Waals surface area contributed by atoms with Gasteiger partial charge in [-0.3, -0.25) is 15.1 Å². The molecule has 6 nitrogen and oxygen atoms in total. The van der Waals surface area contributed by atoms with Gasteiger partial charge in [0.2, 0.25) is 0 Å². The fourth-order valence-corrected chi connectivity index (χ4v) is 5.10. The highest BCUT2D eigenvalue weighted by atomic mass is 35.5. The second kappa shape index (κ2) is 9.52. The second-order valence-corrected chi connectivity index (χ2v) is 9.74. The summed E-state index contributed by atoms with van der Waals surface area (Å²) in [6, 6.07) is 14.9. The van der Waals surface area contributed by atoms with Gasteiger partial charge in [0.25, 0.3) is 5.91 Å². The van der Waals surface area contributed by atoms with Gasteiger partial charge >= 0.3 is 5.97 Å². The summed E-state index contributed by atoms with van der Waals surface area (Å²) in [5, 5.41) is 6.40. The first-order chi connectivity index (χ1) is 16.5. The Kier molecular flexibility index (Phi) is 6.30. The number of fused-ring (bicyclic) bond motifs is 2. The van der Waals surface area contributed by atoms with Crippen LogP contribution in [0.3, 0.4) is 0 Å². The fourth-order valence-electron chi connectivity index (χ4n) is 4.24. The molecule has 1 aliphatic rings. The van der Waals surface area contributed by atoms with Crippen molar-refractivity contribution >= 4 is 50.8 Å². The highest BCUT2D eigenvalue weighted by molar-refractivity contribution is 7.14. The number of pyridine rings is 1. The molecule has 2 aromatic heterocycles. The van der Waals surface area contributed by atoms with Crippen LogP contribution in [0.15, 0.2) is 53.9 Å². The number of aromatic nitrogens is 2. The smallest absolute Gasteiger partial charge is 0.339 e. The molecule has 2 aromatic carbocycles. The molecular formula is C26H22ClN3O3S. The third kappa shape index (κ3) is 4.67. The molecular weight excluding hydrogens is 470 g/mol. The summed E-state index contributed by atoms with van der Waals surface area (Å²) in [5.41, 5.74) is 4.82. The maximum absolute atomic E-state index is 13.2. The van der Waals surface area contributed by atoms with E-state index in [9.17, 15) is 9.59 Å². The number of thiazole rings is 1. The van der Waals surface area contributed by atoms with Crippen LogP contribution in [0.4, 0.5) is 5.13 Å². The Labute approximate surface area is 206 Å². The third-order valence-electron chi connectivity index (χ3n) is 5.93. The number of aryl methyl sites for hydroxylation is 1. The van der Waals surface area contributed by atoms with E-state index in [1.165, 1.54) is 11.3 Å². The normalized spacial score (nSPS) is 15.1. The number of anilines is 1. The first-order valence-electron chi connectivity index (χ1n) is 11.1. The molecule has 0 fully saturated rings. The fraction of sp³-hybridized carbons (Fsp3) is 0.231. The molecule has 2 heterocycles. The average Bonchev–Trinajstić information content (AvgIpc) is 3.30. The van der Waals surface area contributed by atoms with E-state index >= 15 is 0 Å². The van der Waals surface area contributed by atoms with Crippen LogP contribution in [0.5, 0.6) is 0 Å². The number of carbonyl (C=O) groups is 2. The van der Waals surface area contributed by atoms with Gasteiger partial charge in [-0.2, -0.15) is 0 Å². The quantitative estimate of drug-likeness (QED) is 0.350. The van der Waals surface area contributed by atoms with Crippen LogP contribution in [-0.2, 0) is 22.4 Å². The number of esters is 1. The summed E-state index contributed by atoms with van der Waals surface area (Å²) in [7, 11) is 0. The first kappa shape index (κ1) is 22.5. The molecule has 1 aliphatic carbocycles. The summed E-state index contributed by atoms with van der Waals surface area (Å²) in [5.74, 6) is -0.476. The zero-order valence-corrected chi connectivity index (χ0v) is 20.1. The van der Waals surface area contributed by atoms with Crippen molar-refractivity contribution in [2.75, 3.05) is 11.9 Å². The standard InChI is InChI=1S/C26H22ClN3O3S/c1-15-6-11-21-19(12-15)24(18-4-2-3-5-20(18)28-21)25(32)33-13-23(31)30-26-29-22(14-34-26)16-7-9-17(27)10-8-16/h2-5,7-10,14-15H,6,11-13H2,1H3,(H,29,30,31). The molecule has 0 radical (unpaired) electrons. The van der Waals surface area contributed by atoms with Crippen molar-refractivity contribution in [2.24, 2.45) is 5.92 Å². The molecule has 0 saturated heterocycles. The highest BCUT2D eigenvalue weighted by Crippen LogP contribution is 2.32. The summed E-state index contributed by atoms with van der Waals surface area (Å²) in [4.78, 5) is 34.9. The van der Waals surface area contributed by atoms with E-state index in [2.05, 4.69) is 17.2 Å². The molecule has 0 saturated carbocycles. The molecule has 8 heteroatoms. The van der Waals surface area contributed by atoms with Crippen molar-refractivity contribution in [1.82, 2.24) is 9.97 Å². The van der Waals surface area contributed by atoms with E-state index in [0.717, 1.165) is 52.7 Å². The summed E-state index contributed by atoms with van der Waals surface area (Å²) >= 11 is 7.24. The number of benzene rings is 2. The van der Waals surface area contributed by atoms with Gasteiger partial charge < -0.3 is 4.74 Å². The maximum atomic E-state index is 13.2. The van der Waals surface area contributed by atoms with E-state index in [0.29, 0.717) is 21.6 Å². The van der Waals surface area contributed by atoms with Gasteiger partial charge in [0.05, 0.1) is 16.8 Å². The van der Waals surface area contributed by atoms with Gasteiger partial charge in [-0.25, -0.2) is 9.78 Å². The number of nitrogens with one attached hydrogen (secondary N) is 1. The summed E-state index contributed by atoms with van der Waals surface area (Å²) in [6.07, 6.45) is 2.65. The van der Waals surface area contributed by atoms with Crippen molar-refractivity contribution in [3.63, 3.8) is 0 Å². The number of hydrogen-bond donors (Lipinski definition) is 1. The van der Waals surface area contributed by atoms with E-state index in [4.69, 9.17) is 21.3 Å². The lowest BCUT2D eigenvalue weighted by molar-refractivity contribution is -0.119. The van der Waals surface area contributed by atoms with Gasteiger partial charge in [0.1, 0.15) is 0 Å². The Morgan fingerprint density at radius 2 is 1.94 bits per heavy atom. The van der Waals surface area contributed by atoms with Crippen LogP contribution < -0.4 is 5.32 Å². The molecule has 1 N–H and O–H groups in total. The number of amides is 1. The highest BCUT2D eigenvalue weighted by Gasteiger charge is 2.26. The molecule has 34 heavy (non-hydrogen) atoms. The Bertz CT molecular complexity index is 1380. The molecule has 1 amide bonds. The molecule has 1 unspecified atom stereocenters. The van der Waals surface area contributed by atoms with E-state index in [-0.39, 0.29) is 0 Å². The summed E-state index contributed by atoms with van der Waals surface area (Å²) < 4.78 is 5.46. The number of ether oxygens (including phenoxy) is 1. The van der Waals surface area contributed by atoms with Crippen molar-refractivity contribution < 1.29 is 14.3 Å². The zero-order chi connectivity index (χ0) is 23.7. The Hall–Kier alpha value is -3.29. The molecule has 5 rings (SSSR count).